The number of carbonyl (C=O) groups excluding carboxylic acids is 2. The monoisotopic (exact) mass is 539 g/mol. The Balaban J connectivity index is 1.94. The number of hydrogen-bond donors (Lipinski definition) is 0. The van der Waals surface area contributed by atoms with Gasteiger partial charge in [-0.05, 0) is 63.5 Å². The van der Waals surface area contributed by atoms with E-state index in [4.69, 9.17) is 25.8 Å². The summed E-state index contributed by atoms with van der Waals surface area (Å²) in [6, 6.07) is 3.67. The van der Waals surface area contributed by atoms with Crippen LogP contribution in [0.15, 0.2) is 40.4 Å². The second-order valence-corrected chi connectivity index (χ2v) is 10.0. The Morgan fingerprint density at radius 3 is 2.76 bits per heavy atom. The van der Waals surface area contributed by atoms with Gasteiger partial charge in [-0.1, -0.05) is 33.6 Å². The summed E-state index contributed by atoms with van der Waals surface area (Å²) < 4.78 is 17.0. The van der Waals surface area contributed by atoms with E-state index in [0.717, 1.165) is 29.3 Å². The Morgan fingerprint density at radius 1 is 1.30 bits per heavy atom. The van der Waals surface area contributed by atoms with E-state index in [0.29, 0.717) is 24.0 Å². The van der Waals surface area contributed by atoms with E-state index in [1.807, 2.05) is 18.2 Å². The summed E-state index contributed by atoms with van der Waals surface area (Å²) in [6.45, 7) is 7.44. The highest BCUT2D eigenvalue weighted by molar-refractivity contribution is 9.10. The van der Waals surface area contributed by atoms with Crippen LogP contribution >= 0.6 is 27.5 Å². The Labute approximate surface area is 209 Å². The van der Waals surface area contributed by atoms with Crippen molar-refractivity contribution < 1.29 is 23.8 Å². The molecule has 1 saturated heterocycles. The molecule has 1 aliphatic carbocycles. The minimum absolute atomic E-state index is 0.0375. The van der Waals surface area contributed by atoms with E-state index in [9.17, 15) is 9.59 Å². The summed E-state index contributed by atoms with van der Waals surface area (Å²) in [5.41, 5.74) is 0.987. The standard InChI is InChI=1S/C25H31BrClNO5/c1-5-32-24(30)18-13-16(7-8-22(18)29)28-21(9-10-25(28,2)3)17-14-23(20(27)15-19(17)26)33-12-6-11-31-4/h7-8,13-16,21H,5-6,9-12H2,1-4H3. The fourth-order valence-corrected chi connectivity index (χ4v) is 5.49. The van der Waals surface area contributed by atoms with E-state index in [2.05, 4.69) is 34.7 Å². The second kappa shape index (κ2) is 11.2. The van der Waals surface area contributed by atoms with Crippen molar-refractivity contribution in [2.45, 2.75) is 57.7 Å². The molecule has 0 aromatic heterocycles. The average molecular weight is 541 g/mol. The van der Waals surface area contributed by atoms with Crippen molar-refractivity contribution in [2.24, 2.45) is 0 Å². The lowest BCUT2D eigenvalue weighted by atomic mass is 9.95. The quantitative estimate of drug-likeness (QED) is 0.236. The van der Waals surface area contributed by atoms with Gasteiger partial charge >= 0.3 is 5.97 Å². The average Bonchev–Trinajstić information content (AvgIpc) is 3.08. The Morgan fingerprint density at radius 2 is 2.06 bits per heavy atom. The summed E-state index contributed by atoms with van der Waals surface area (Å²) in [7, 11) is 1.66. The molecule has 1 fully saturated rings. The third-order valence-electron chi connectivity index (χ3n) is 6.09. The summed E-state index contributed by atoms with van der Waals surface area (Å²) in [5.74, 6) is -0.268. The first-order valence-corrected chi connectivity index (χ1v) is 12.4. The Kier molecular flexibility index (Phi) is 8.78. The minimum Gasteiger partial charge on any atom is -0.492 e. The molecular formula is C25H31BrClNO5. The highest BCUT2D eigenvalue weighted by Gasteiger charge is 2.44. The number of benzene rings is 1. The molecule has 8 heteroatoms. The SMILES string of the molecule is CCOC(=O)C1=CC(N2C(c3cc(OCCCOC)c(Cl)cc3Br)CCC2(C)C)C=CC1=O. The van der Waals surface area contributed by atoms with Gasteiger partial charge < -0.3 is 14.2 Å². The van der Waals surface area contributed by atoms with Gasteiger partial charge in [0.1, 0.15) is 11.3 Å². The zero-order chi connectivity index (χ0) is 24.2. The van der Waals surface area contributed by atoms with E-state index >= 15 is 0 Å². The van der Waals surface area contributed by atoms with Crippen LogP contribution in [-0.4, -0.2) is 55.2 Å². The molecule has 2 atom stereocenters. The highest BCUT2D eigenvalue weighted by Crippen LogP contribution is 2.48. The van der Waals surface area contributed by atoms with E-state index < -0.39 is 5.97 Å². The molecule has 2 aliphatic rings. The molecule has 1 heterocycles. The molecule has 0 bridgehead atoms. The van der Waals surface area contributed by atoms with Gasteiger partial charge in [-0.15, -0.1) is 0 Å². The predicted octanol–water partition coefficient (Wildman–Crippen LogP) is 5.43. The number of halogens is 2. The van der Waals surface area contributed by atoms with Crippen molar-refractivity contribution >= 4 is 39.3 Å². The third-order valence-corrected chi connectivity index (χ3v) is 7.07. The fraction of sp³-hybridized carbons (Fsp3) is 0.520. The molecular weight excluding hydrogens is 510 g/mol. The van der Waals surface area contributed by atoms with Gasteiger partial charge in [-0.2, -0.15) is 0 Å². The largest absolute Gasteiger partial charge is 0.492 e. The fourth-order valence-electron chi connectivity index (χ4n) is 4.53. The number of nitrogens with zero attached hydrogens (tertiary/aromatic N) is 1. The van der Waals surface area contributed by atoms with E-state index in [-0.39, 0.29) is 35.6 Å². The molecule has 1 aromatic rings. The lowest BCUT2D eigenvalue weighted by Gasteiger charge is -2.41. The predicted molar refractivity (Wildman–Crippen MR) is 132 cm³/mol. The molecule has 33 heavy (non-hydrogen) atoms. The van der Waals surface area contributed by atoms with Crippen molar-refractivity contribution in [3.63, 3.8) is 0 Å². The molecule has 0 amide bonds. The van der Waals surface area contributed by atoms with Gasteiger partial charge in [0.25, 0.3) is 0 Å². The van der Waals surface area contributed by atoms with Gasteiger partial charge in [0.15, 0.2) is 5.78 Å². The molecule has 0 radical (unpaired) electrons. The van der Waals surface area contributed by atoms with Crippen molar-refractivity contribution in [1.29, 1.82) is 0 Å². The van der Waals surface area contributed by atoms with Crippen molar-refractivity contribution in [3.05, 3.63) is 51.0 Å². The molecule has 2 unspecified atom stereocenters. The Hall–Kier alpha value is -1.67. The number of carbonyl (C=O) groups is 2. The first-order chi connectivity index (χ1) is 15.7. The van der Waals surface area contributed by atoms with Gasteiger partial charge in [0.2, 0.25) is 0 Å². The van der Waals surface area contributed by atoms with Crippen LogP contribution < -0.4 is 4.74 Å². The topological polar surface area (TPSA) is 65.1 Å². The number of allylic oxidation sites excluding steroid dienone is 1. The number of ether oxygens (including phenoxy) is 3. The third kappa shape index (κ3) is 5.88. The molecule has 1 aromatic carbocycles. The number of methoxy groups -OCH3 is 1. The lowest BCUT2D eigenvalue weighted by molar-refractivity contribution is -0.139. The van der Waals surface area contributed by atoms with Crippen molar-refractivity contribution in [2.75, 3.05) is 26.9 Å². The van der Waals surface area contributed by atoms with Crippen LogP contribution in [0.25, 0.3) is 0 Å². The molecule has 180 valence electrons. The lowest BCUT2D eigenvalue weighted by Crippen LogP contribution is -2.46. The maximum atomic E-state index is 12.4. The first-order valence-electron chi connectivity index (χ1n) is 11.2. The van der Waals surface area contributed by atoms with Crippen molar-refractivity contribution in [1.82, 2.24) is 4.90 Å². The number of hydrogen-bond acceptors (Lipinski definition) is 6. The van der Waals surface area contributed by atoms with Crippen LogP contribution in [0.4, 0.5) is 0 Å². The number of esters is 1. The van der Waals surface area contributed by atoms with Crippen LogP contribution in [0, 0.1) is 0 Å². The summed E-state index contributed by atoms with van der Waals surface area (Å²) >= 11 is 10.1. The zero-order valence-corrected chi connectivity index (χ0v) is 21.9. The molecule has 0 spiro atoms. The minimum atomic E-state index is -0.579. The van der Waals surface area contributed by atoms with Gasteiger partial charge in [-0.25, -0.2) is 4.79 Å². The zero-order valence-electron chi connectivity index (χ0n) is 19.5. The van der Waals surface area contributed by atoms with Gasteiger partial charge in [0.05, 0.1) is 18.2 Å². The van der Waals surface area contributed by atoms with E-state index in [1.54, 1.807) is 20.1 Å². The number of likely N-dealkylation sites (tertiary alicyclic amines) is 1. The molecule has 0 saturated carbocycles. The van der Waals surface area contributed by atoms with Gasteiger partial charge in [-0.3, -0.25) is 9.69 Å². The second-order valence-electron chi connectivity index (χ2n) is 8.79. The van der Waals surface area contributed by atoms with Crippen LogP contribution in [0.1, 0.15) is 51.6 Å². The first kappa shape index (κ1) is 25.9. The maximum Gasteiger partial charge on any atom is 0.341 e. The van der Waals surface area contributed by atoms with Crippen LogP contribution in [0.5, 0.6) is 5.75 Å². The molecule has 1 aliphatic heterocycles. The number of rotatable bonds is 9. The van der Waals surface area contributed by atoms with Crippen LogP contribution in [-0.2, 0) is 19.1 Å². The summed E-state index contributed by atoms with van der Waals surface area (Å²) in [6.07, 6.45) is 7.70. The van der Waals surface area contributed by atoms with Gasteiger partial charge in [0, 0.05) is 42.2 Å². The maximum absolute atomic E-state index is 12.4. The summed E-state index contributed by atoms with van der Waals surface area (Å²) in [4.78, 5) is 27.0. The summed E-state index contributed by atoms with van der Waals surface area (Å²) in [5, 5.41) is 0.541. The Bertz CT molecular complexity index is 958. The van der Waals surface area contributed by atoms with E-state index in [1.165, 1.54) is 6.08 Å². The normalized spacial score (nSPS) is 22.4. The van der Waals surface area contributed by atoms with Crippen LogP contribution in [0.3, 0.4) is 0 Å². The smallest absolute Gasteiger partial charge is 0.341 e. The molecule has 0 N–H and O–H groups in total. The molecule has 6 nitrogen and oxygen atoms in total. The molecule has 3 rings (SSSR count). The van der Waals surface area contributed by atoms with Crippen LogP contribution in [0.2, 0.25) is 5.02 Å². The number of ketones is 1. The van der Waals surface area contributed by atoms with Crippen molar-refractivity contribution in [3.8, 4) is 5.75 Å². The highest BCUT2D eigenvalue weighted by atomic mass is 79.9.